The van der Waals surface area contributed by atoms with E-state index in [-0.39, 0.29) is 5.69 Å². The van der Waals surface area contributed by atoms with E-state index in [2.05, 4.69) is 10.3 Å². The van der Waals surface area contributed by atoms with Crippen LogP contribution in [0.4, 0.5) is 13.2 Å². The minimum atomic E-state index is -4.32. The highest BCUT2D eigenvalue weighted by atomic mass is 35.5. The Labute approximate surface area is 129 Å². The standard InChI is InChI=1S/C13H12ClF3N4O/c1-20(7-6-13(15,16)17)12(22)10-8-21(19-18-10)11-5-3-2-4-9(11)14/h2-5,8H,6-7H2,1H3. The summed E-state index contributed by atoms with van der Waals surface area (Å²) in [7, 11) is 1.28. The molecular weight excluding hydrogens is 321 g/mol. The number of nitrogens with zero attached hydrogens (tertiary/aromatic N) is 4. The molecule has 1 aromatic heterocycles. The molecular formula is C13H12ClF3N4O. The van der Waals surface area contributed by atoms with E-state index in [1.807, 2.05) is 0 Å². The topological polar surface area (TPSA) is 51.0 Å². The van der Waals surface area contributed by atoms with Gasteiger partial charge in [-0.3, -0.25) is 4.79 Å². The van der Waals surface area contributed by atoms with Crippen molar-refractivity contribution in [1.82, 2.24) is 19.9 Å². The summed E-state index contributed by atoms with van der Waals surface area (Å²) in [5, 5.41) is 7.87. The second kappa shape index (κ2) is 6.35. The molecule has 1 aromatic carbocycles. The number of alkyl halides is 3. The van der Waals surface area contributed by atoms with Crippen LogP contribution in [0.25, 0.3) is 5.69 Å². The van der Waals surface area contributed by atoms with Crippen LogP contribution in [0.2, 0.25) is 5.02 Å². The van der Waals surface area contributed by atoms with Crippen LogP contribution in [-0.2, 0) is 0 Å². The maximum absolute atomic E-state index is 12.2. The Kier molecular flexibility index (Phi) is 4.70. The molecule has 0 fully saturated rings. The van der Waals surface area contributed by atoms with Crippen molar-refractivity contribution in [2.75, 3.05) is 13.6 Å². The van der Waals surface area contributed by atoms with E-state index in [4.69, 9.17) is 11.6 Å². The predicted molar refractivity (Wildman–Crippen MR) is 74.0 cm³/mol. The number of rotatable bonds is 4. The lowest BCUT2D eigenvalue weighted by atomic mass is 10.3. The van der Waals surface area contributed by atoms with Crippen LogP contribution < -0.4 is 0 Å². The molecule has 0 saturated carbocycles. The minimum absolute atomic E-state index is 0.0513. The Hall–Kier alpha value is -2.09. The first-order valence-electron chi connectivity index (χ1n) is 6.27. The van der Waals surface area contributed by atoms with Gasteiger partial charge in [0.15, 0.2) is 5.69 Å². The maximum Gasteiger partial charge on any atom is 0.390 e. The van der Waals surface area contributed by atoms with Crippen molar-refractivity contribution in [3.05, 3.63) is 41.2 Å². The molecule has 1 amide bonds. The zero-order valence-corrected chi connectivity index (χ0v) is 12.3. The molecule has 0 aliphatic rings. The van der Waals surface area contributed by atoms with Crippen molar-refractivity contribution in [2.24, 2.45) is 0 Å². The average Bonchev–Trinajstić information content (AvgIpc) is 2.93. The normalized spacial score (nSPS) is 11.5. The van der Waals surface area contributed by atoms with E-state index in [0.717, 1.165) is 4.90 Å². The van der Waals surface area contributed by atoms with Gasteiger partial charge in [-0.25, -0.2) is 4.68 Å². The third-order valence-electron chi connectivity index (χ3n) is 2.89. The molecule has 22 heavy (non-hydrogen) atoms. The molecule has 0 saturated heterocycles. The summed E-state index contributed by atoms with van der Waals surface area (Å²) in [5.74, 6) is -0.637. The highest BCUT2D eigenvalue weighted by Gasteiger charge is 2.28. The summed E-state index contributed by atoms with van der Waals surface area (Å²) in [4.78, 5) is 13.0. The molecule has 0 spiro atoms. The van der Waals surface area contributed by atoms with E-state index in [1.165, 1.54) is 17.9 Å². The van der Waals surface area contributed by atoms with Crippen molar-refractivity contribution in [2.45, 2.75) is 12.6 Å². The fourth-order valence-electron chi connectivity index (χ4n) is 1.71. The first-order chi connectivity index (χ1) is 10.3. The highest BCUT2D eigenvalue weighted by Crippen LogP contribution is 2.21. The molecule has 0 N–H and O–H groups in total. The number of amides is 1. The van der Waals surface area contributed by atoms with Crippen molar-refractivity contribution in [3.63, 3.8) is 0 Å². The van der Waals surface area contributed by atoms with Gasteiger partial charge in [-0.05, 0) is 12.1 Å². The van der Waals surface area contributed by atoms with E-state index in [1.54, 1.807) is 24.3 Å². The lowest BCUT2D eigenvalue weighted by molar-refractivity contribution is -0.136. The number of hydrogen-bond acceptors (Lipinski definition) is 3. The van der Waals surface area contributed by atoms with Gasteiger partial charge in [0, 0.05) is 13.6 Å². The lowest BCUT2D eigenvalue weighted by Crippen LogP contribution is -2.30. The molecule has 2 aromatic rings. The monoisotopic (exact) mass is 332 g/mol. The summed E-state index contributed by atoms with van der Waals surface area (Å²) in [6, 6.07) is 6.80. The molecule has 2 rings (SSSR count). The Morgan fingerprint density at radius 3 is 2.68 bits per heavy atom. The molecule has 0 unspecified atom stereocenters. The van der Waals surface area contributed by atoms with Gasteiger partial charge in [0.25, 0.3) is 5.91 Å². The third kappa shape index (κ3) is 3.97. The fraction of sp³-hybridized carbons (Fsp3) is 0.308. The zero-order valence-electron chi connectivity index (χ0n) is 11.5. The van der Waals surface area contributed by atoms with Crippen molar-refractivity contribution in [1.29, 1.82) is 0 Å². The largest absolute Gasteiger partial charge is 0.390 e. The van der Waals surface area contributed by atoms with Crippen LogP contribution in [0.15, 0.2) is 30.5 Å². The maximum atomic E-state index is 12.2. The molecule has 1 heterocycles. The Morgan fingerprint density at radius 2 is 2.05 bits per heavy atom. The van der Waals surface area contributed by atoms with Crippen molar-refractivity contribution < 1.29 is 18.0 Å². The van der Waals surface area contributed by atoms with Crippen LogP contribution in [0, 0.1) is 0 Å². The quantitative estimate of drug-likeness (QED) is 0.865. The summed E-state index contributed by atoms with van der Waals surface area (Å²) < 4.78 is 37.8. The Morgan fingerprint density at radius 1 is 1.36 bits per heavy atom. The van der Waals surface area contributed by atoms with E-state index >= 15 is 0 Å². The van der Waals surface area contributed by atoms with Gasteiger partial charge < -0.3 is 4.90 Å². The molecule has 5 nitrogen and oxygen atoms in total. The second-order valence-electron chi connectivity index (χ2n) is 4.59. The van der Waals surface area contributed by atoms with E-state index < -0.39 is 25.0 Å². The Bertz CT molecular complexity index is 671. The van der Waals surface area contributed by atoms with E-state index in [0.29, 0.717) is 10.7 Å². The number of carbonyl (C=O) groups is 1. The first-order valence-corrected chi connectivity index (χ1v) is 6.65. The number of carbonyl (C=O) groups excluding carboxylic acids is 1. The van der Waals surface area contributed by atoms with Gasteiger partial charge in [0.2, 0.25) is 0 Å². The van der Waals surface area contributed by atoms with Crippen LogP contribution >= 0.6 is 11.6 Å². The molecule has 0 bridgehead atoms. The number of benzene rings is 1. The second-order valence-corrected chi connectivity index (χ2v) is 5.00. The van der Waals surface area contributed by atoms with Crippen LogP contribution in [0.5, 0.6) is 0 Å². The van der Waals surface area contributed by atoms with Crippen molar-refractivity contribution >= 4 is 17.5 Å². The summed E-state index contributed by atoms with van der Waals surface area (Å²) in [6.45, 7) is -0.443. The average molecular weight is 333 g/mol. The van der Waals surface area contributed by atoms with E-state index in [9.17, 15) is 18.0 Å². The van der Waals surface area contributed by atoms with Crippen LogP contribution in [0.3, 0.4) is 0 Å². The third-order valence-corrected chi connectivity index (χ3v) is 3.21. The number of halogens is 4. The zero-order chi connectivity index (χ0) is 16.3. The predicted octanol–water partition coefficient (Wildman–Crippen LogP) is 2.95. The first kappa shape index (κ1) is 16.3. The van der Waals surface area contributed by atoms with Crippen molar-refractivity contribution in [3.8, 4) is 5.69 Å². The number of hydrogen-bond donors (Lipinski definition) is 0. The minimum Gasteiger partial charge on any atom is -0.340 e. The smallest absolute Gasteiger partial charge is 0.340 e. The number of aromatic nitrogens is 3. The molecule has 0 aliphatic carbocycles. The van der Waals surface area contributed by atoms with Crippen LogP contribution in [-0.4, -0.2) is 45.6 Å². The van der Waals surface area contributed by atoms with Gasteiger partial charge in [0.05, 0.1) is 23.3 Å². The van der Waals surface area contributed by atoms with Gasteiger partial charge in [-0.15, -0.1) is 5.10 Å². The van der Waals surface area contributed by atoms with Crippen LogP contribution in [0.1, 0.15) is 16.9 Å². The molecule has 0 atom stereocenters. The van der Waals surface area contributed by atoms with Gasteiger partial charge in [0.1, 0.15) is 0 Å². The van der Waals surface area contributed by atoms with Gasteiger partial charge >= 0.3 is 6.18 Å². The number of para-hydroxylation sites is 1. The summed E-state index contributed by atoms with van der Waals surface area (Å²) in [6.07, 6.45) is -4.06. The summed E-state index contributed by atoms with van der Waals surface area (Å²) >= 11 is 6.00. The fourth-order valence-corrected chi connectivity index (χ4v) is 1.93. The molecule has 118 valence electrons. The lowest BCUT2D eigenvalue weighted by Gasteiger charge is -2.16. The highest BCUT2D eigenvalue weighted by molar-refractivity contribution is 6.32. The molecule has 0 radical (unpaired) electrons. The van der Waals surface area contributed by atoms with Gasteiger partial charge in [-0.2, -0.15) is 13.2 Å². The van der Waals surface area contributed by atoms with Gasteiger partial charge in [-0.1, -0.05) is 28.9 Å². The SMILES string of the molecule is CN(CCC(F)(F)F)C(=O)c1cn(-c2ccccc2Cl)nn1. The molecule has 0 aliphatic heterocycles. The molecule has 9 heteroatoms. The Balaban J connectivity index is 2.11. The summed E-state index contributed by atoms with van der Waals surface area (Å²) in [5.41, 5.74) is 0.471.